The molecular weight excluding hydrogens is 501 g/mol. The van der Waals surface area contributed by atoms with Gasteiger partial charge in [0.25, 0.3) is 11.8 Å². The summed E-state index contributed by atoms with van der Waals surface area (Å²) in [5.74, 6) is -1.13. The number of likely N-dealkylation sites (tertiary alicyclic amines) is 1. The monoisotopic (exact) mass is 528 g/mol. The molecule has 38 heavy (non-hydrogen) atoms. The number of carbonyl (C=O) groups excluding carboxylic acids is 2. The number of nitrogens with zero attached hydrogens (tertiary/aromatic N) is 1. The van der Waals surface area contributed by atoms with Crippen LogP contribution in [0.3, 0.4) is 0 Å². The average Bonchev–Trinajstić information content (AvgIpc) is 2.93. The standard InChI is InChI=1S/C28H27F3N2O5/c1-36-22-15-23(25(29)24(16-22)37-2)26(34)32-20-7-3-17(4-8-20)18-11-13-33(14-12-18)27(35)19-5-9-21(10-6-19)38-28(30)31/h3-10,15-16,18,28H,11-14H2,1-2H3,(H,32,34). The average molecular weight is 529 g/mol. The highest BCUT2D eigenvalue weighted by atomic mass is 19.3. The minimum atomic E-state index is -2.92. The second kappa shape index (κ2) is 11.9. The van der Waals surface area contributed by atoms with Crippen LogP contribution >= 0.6 is 0 Å². The minimum absolute atomic E-state index is 0.00301. The summed E-state index contributed by atoms with van der Waals surface area (Å²) in [6, 6.07) is 15.6. The summed E-state index contributed by atoms with van der Waals surface area (Å²) in [5.41, 5.74) is 1.79. The number of ether oxygens (including phenoxy) is 3. The lowest BCUT2D eigenvalue weighted by molar-refractivity contribution is -0.0498. The van der Waals surface area contributed by atoms with Gasteiger partial charge in [-0.2, -0.15) is 8.78 Å². The van der Waals surface area contributed by atoms with Gasteiger partial charge in [-0.3, -0.25) is 9.59 Å². The second-order valence-electron chi connectivity index (χ2n) is 8.74. The van der Waals surface area contributed by atoms with Crippen LogP contribution in [0.5, 0.6) is 17.2 Å². The van der Waals surface area contributed by atoms with Crippen LogP contribution in [-0.2, 0) is 0 Å². The van der Waals surface area contributed by atoms with Crippen molar-refractivity contribution in [3.8, 4) is 17.2 Å². The number of halogens is 3. The van der Waals surface area contributed by atoms with E-state index < -0.39 is 18.3 Å². The molecule has 1 aliphatic rings. The van der Waals surface area contributed by atoms with E-state index in [1.54, 1.807) is 17.0 Å². The third-order valence-electron chi connectivity index (χ3n) is 6.46. The van der Waals surface area contributed by atoms with Gasteiger partial charge in [-0.15, -0.1) is 0 Å². The number of amides is 2. The van der Waals surface area contributed by atoms with Crippen LogP contribution in [0.15, 0.2) is 60.7 Å². The quantitative estimate of drug-likeness (QED) is 0.405. The maximum atomic E-state index is 14.6. The predicted molar refractivity (Wildman–Crippen MR) is 135 cm³/mol. The van der Waals surface area contributed by atoms with Crippen molar-refractivity contribution >= 4 is 17.5 Å². The van der Waals surface area contributed by atoms with Crippen molar-refractivity contribution < 1.29 is 37.0 Å². The van der Waals surface area contributed by atoms with Gasteiger partial charge in [-0.05, 0) is 66.8 Å². The Kier molecular flexibility index (Phi) is 8.40. The SMILES string of the molecule is COc1cc(OC)c(F)c(C(=O)Nc2ccc(C3CCN(C(=O)c4ccc(OC(F)F)cc4)CC3)cc2)c1. The maximum Gasteiger partial charge on any atom is 0.387 e. The lowest BCUT2D eigenvalue weighted by atomic mass is 9.89. The maximum absolute atomic E-state index is 14.6. The van der Waals surface area contributed by atoms with Crippen LogP contribution in [0.2, 0.25) is 0 Å². The molecule has 0 atom stereocenters. The summed E-state index contributed by atoms with van der Waals surface area (Å²) in [4.78, 5) is 27.2. The number of nitrogens with one attached hydrogen (secondary N) is 1. The highest BCUT2D eigenvalue weighted by Crippen LogP contribution is 2.31. The number of carbonyl (C=O) groups is 2. The van der Waals surface area contributed by atoms with E-state index in [2.05, 4.69) is 10.1 Å². The smallest absolute Gasteiger partial charge is 0.387 e. The fraction of sp³-hybridized carbons (Fsp3) is 0.286. The Morgan fingerprint density at radius 2 is 1.58 bits per heavy atom. The molecule has 1 fully saturated rings. The topological polar surface area (TPSA) is 77.1 Å². The molecule has 0 radical (unpaired) electrons. The van der Waals surface area contributed by atoms with Gasteiger partial charge in [0.15, 0.2) is 11.6 Å². The van der Waals surface area contributed by atoms with Gasteiger partial charge in [0, 0.05) is 30.4 Å². The highest BCUT2D eigenvalue weighted by molar-refractivity contribution is 6.05. The third kappa shape index (κ3) is 6.19. The second-order valence-corrected chi connectivity index (χ2v) is 8.74. The Morgan fingerprint density at radius 3 is 2.16 bits per heavy atom. The van der Waals surface area contributed by atoms with Crippen LogP contribution in [0.1, 0.15) is 45.0 Å². The van der Waals surface area contributed by atoms with Gasteiger partial charge in [0.1, 0.15) is 11.5 Å². The summed E-state index contributed by atoms with van der Waals surface area (Å²) in [6.45, 7) is -1.82. The van der Waals surface area contributed by atoms with Gasteiger partial charge in [0.2, 0.25) is 0 Å². The molecule has 10 heteroatoms. The molecule has 0 unspecified atom stereocenters. The number of methoxy groups -OCH3 is 2. The first-order chi connectivity index (χ1) is 18.3. The zero-order valence-electron chi connectivity index (χ0n) is 20.9. The molecular formula is C28H27F3N2O5. The molecule has 0 aliphatic carbocycles. The first kappa shape index (κ1) is 26.8. The van der Waals surface area contributed by atoms with Crippen molar-refractivity contribution in [3.63, 3.8) is 0 Å². The molecule has 0 saturated carbocycles. The molecule has 0 bridgehead atoms. The Morgan fingerprint density at radius 1 is 0.921 bits per heavy atom. The molecule has 3 aromatic carbocycles. The Hall–Kier alpha value is -4.21. The molecule has 4 rings (SSSR count). The largest absolute Gasteiger partial charge is 0.497 e. The Balaban J connectivity index is 1.34. The molecule has 2 amide bonds. The lowest BCUT2D eigenvalue weighted by Crippen LogP contribution is -2.37. The van der Waals surface area contributed by atoms with E-state index in [1.165, 1.54) is 50.6 Å². The van der Waals surface area contributed by atoms with Crippen LogP contribution in [-0.4, -0.2) is 50.6 Å². The van der Waals surface area contributed by atoms with E-state index >= 15 is 0 Å². The number of anilines is 1. The molecule has 1 heterocycles. The lowest BCUT2D eigenvalue weighted by Gasteiger charge is -2.32. The Bertz CT molecular complexity index is 1270. The number of benzene rings is 3. The van der Waals surface area contributed by atoms with Crippen molar-refractivity contribution in [1.29, 1.82) is 0 Å². The van der Waals surface area contributed by atoms with Crippen LogP contribution in [0.4, 0.5) is 18.9 Å². The zero-order chi connectivity index (χ0) is 27.2. The summed E-state index contributed by atoms with van der Waals surface area (Å²) in [7, 11) is 2.73. The molecule has 0 aromatic heterocycles. The molecule has 3 aromatic rings. The van der Waals surface area contributed by atoms with E-state index in [9.17, 15) is 22.8 Å². The summed E-state index contributed by atoms with van der Waals surface area (Å²) in [6.07, 6.45) is 1.50. The fourth-order valence-corrected chi connectivity index (χ4v) is 4.42. The van der Waals surface area contributed by atoms with Crippen molar-refractivity contribution in [2.75, 3.05) is 32.6 Å². The molecule has 0 spiro atoms. The summed E-state index contributed by atoms with van der Waals surface area (Å²) < 4.78 is 53.7. The summed E-state index contributed by atoms with van der Waals surface area (Å²) in [5, 5.41) is 2.69. The van der Waals surface area contributed by atoms with Gasteiger partial charge in [-0.1, -0.05) is 12.1 Å². The van der Waals surface area contributed by atoms with Crippen LogP contribution in [0.25, 0.3) is 0 Å². The summed E-state index contributed by atoms with van der Waals surface area (Å²) >= 11 is 0. The van der Waals surface area contributed by atoms with Crippen molar-refractivity contribution in [1.82, 2.24) is 4.90 Å². The van der Waals surface area contributed by atoms with E-state index in [-0.39, 0.29) is 28.9 Å². The van der Waals surface area contributed by atoms with Crippen LogP contribution in [0, 0.1) is 5.82 Å². The van der Waals surface area contributed by atoms with E-state index in [0.29, 0.717) is 30.1 Å². The van der Waals surface area contributed by atoms with Crippen molar-refractivity contribution in [2.45, 2.75) is 25.4 Å². The van der Waals surface area contributed by atoms with E-state index in [4.69, 9.17) is 9.47 Å². The van der Waals surface area contributed by atoms with Gasteiger partial charge >= 0.3 is 6.61 Å². The van der Waals surface area contributed by atoms with Crippen LogP contribution < -0.4 is 19.5 Å². The van der Waals surface area contributed by atoms with Gasteiger partial charge < -0.3 is 24.4 Å². The van der Waals surface area contributed by atoms with Crippen molar-refractivity contribution in [3.05, 3.63) is 83.2 Å². The predicted octanol–water partition coefficient (Wildman–Crippen LogP) is 5.72. The third-order valence-corrected chi connectivity index (χ3v) is 6.46. The normalized spacial score (nSPS) is 13.8. The van der Waals surface area contributed by atoms with Gasteiger partial charge in [0.05, 0.1) is 19.8 Å². The van der Waals surface area contributed by atoms with Gasteiger partial charge in [-0.25, -0.2) is 4.39 Å². The first-order valence-electron chi connectivity index (χ1n) is 12.0. The number of piperidine rings is 1. The fourth-order valence-electron chi connectivity index (χ4n) is 4.42. The zero-order valence-corrected chi connectivity index (χ0v) is 20.9. The van der Waals surface area contributed by atoms with Crippen molar-refractivity contribution in [2.24, 2.45) is 0 Å². The number of hydrogen-bond acceptors (Lipinski definition) is 5. The number of rotatable bonds is 8. The molecule has 200 valence electrons. The molecule has 1 saturated heterocycles. The molecule has 7 nitrogen and oxygen atoms in total. The molecule has 1 N–H and O–H groups in total. The number of alkyl halides is 2. The Labute approximate surface area is 218 Å². The molecule has 1 aliphatic heterocycles. The highest BCUT2D eigenvalue weighted by Gasteiger charge is 2.25. The minimum Gasteiger partial charge on any atom is -0.497 e. The van der Waals surface area contributed by atoms with E-state index in [0.717, 1.165) is 18.4 Å². The first-order valence-corrected chi connectivity index (χ1v) is 12.0. The number of hydrogen-bond donors (Lipinski definition) is 1. The van der Waals surface area contributed by atoms with E-state index in [1.807, 2.05) is 12.1 Å².